The summed E-state index contributed by atoms with van der Waals surface area (Å²) in [5.74, 6) is -0.762. The average Bonchev–Trinajstić information content (AvgIpc) is 2.99. The maximum Gasteiger partial charge on any atom is 0.317 e. The van der Waals surface area contributed by atoms with Gasteiger partial charge >= 0.3 is 5.97 Å². The lowest BCUT2D eigenvalue weighted by Gasteiger charge is -2.71. The minimum atomic E-state index is -1.72. The number of fused-ring (bicyclic) bond motifs is 7. The average molecular weight is 649 g/mol. The summed E-state index contributed by atoms with van der Waals surface area (Å²) in [4.78, 5) is 26.9. The van der Waals surface area contributed by atoms with Crippen molar-refractivity contribution in [1.82, 2.24) is 0 Å². The first kappa shape index (κ1) is 34.5. The first-order chi connectivity index (χ1) is 21.4. The molecule has 46 heavy (non-hydrogen) atoms. The maximum absolute atomic E-state index is 14.4. The first-order valence-corrected chi connectivity index (χ1v) is 17.4. The van der Waals surface area contributed by atoms with Gasteiger partial charge < -0.3 is 44.9 Å². The summed E-state index contributed by atoms with van der Waals surface area (Å²) >= 11 is 0. The Kier molecular flexibility index (Phi) is 8.28. The monoisotopic (exact) mass is 648 g/mol. The molecule has 10 heteroatoms. The third-order valence-corrected chi connectivity index (χ3v) is 15.1. The van der Waals surface area contributed by atoms with Gasteiger partial charge in [0.15, 0.2) is 0 Å². The Hall–Kier alpha value is -1.40. The molecule has 1 saturated heterocycles. The Bertz CT molecular complexity index is 1270. The van der Waals surface area contributed by atoms with Crippen molar-refractivity contribution in [2.45, 2.75) is 142 Å². The number of hydrogen-bond donors (Lipinski definition) is 6. The number of allylic oxidation sites excluding steroid dienone is 2. The Morgan fingerprint density at radius 3 is 2.24 bits per heavy atom. The molecule has 6 rings (SSSR count). The molecule has 15 atom stereocenters. The second-order valence-corrected chi connectivity index (χ2v) is 17.6. The highest BCUT2D eigenvalue weighted by atomic mass is 16.7. The molecule has 0 amide bonds. The highest BCUT2D eigenvalue weighted by Gasteiger charge is 2.72. The van der Waals surface area contributed by atoms with Crippen LogP contribution in [0.3, 0.4) is 0 Å². The van der Waals surface area contributed by atoms with Crippen LogP contribution in [0.5, 0.6) is 0 Å². The number of aliphatic hydroxyl groups excluding tert-OH is 6. The number of hydrogen-bond acceptors (Lipinski definition) is 10. The van der Waals surface area contributed by atoms with Crippen LogP contribution in [0.25, 0.3) is 0 Å². The molecular formula is C36H56O10. The van der Waals surface area contributed by atoms with Crippen LogP contribution in [0, 0.1) is 50.2 Å². The lowest BCUT2D eigenvalue weighted by molar-refractivity contribution is -0.299. The number of aldehydes is 1. The third-order valence-electron chi connectivity index (χ3n) is 15.1. The van der Waals surface area contributed by atoms with Gasteiger partial charge in [-0.1, -0.05) is 53.2 Å². The molecule has 6 aliphatic rings. The minimum absolute atomic E-state index is 0.0487. The number of ether oxygens (including phenoxy) is 2. The van der Waals surface area contributed by atoms with E-state index in [0.717, 1.165) is 32.0 Å². The largest absolute Gasteiger partial charge is 0.432 e. The van der Waals surface area contributed by atoms with Gasteiger partial charge in [0.25, 0.3) is 0 Å². The van der Waals surface area contributed by atoms with Gasteiger partial charge in [0.05, 0.1) is 24.2 Å². The predicted molar refractivity (Wildman–Crippen MR) is 167 cm³/mol. The van der Waals surface area contributed by atoms with E-state index in [0.29, 0.717) is 32.1 Å². The molecule has 1 aliphatic heterocycles. The maximum atomic E-state index is 14.4. The van der Waals surface area contributed by atoms with E-state index < -0.39 is 71.7 Å². The van der Waals surface area contributed by atoms with E-state index in [1.807, 2.05) is 6.92 Å². The van der Waals surface area contributed by atoms with Crippen LogP contribution in [-0.4, -0.2) is 92.4 Å². The van der Waals surface area contributed by atoms with Gasteiger partial charge in [0.1, 0.15) is 36.1 Å². The lowest BCUT2D eigenvalue weighted by Crippen LogP contribution is -2.68. The van der Waals surface area contributed by atoms with Crippen LogP contribution < -0.4 is 0 Å². The van der Waals surface area contributed by atoms with Crippen LogP contribution in [-0.2, 0) is 19.1 Å². The van der Waals surface area contributed by atoms with Crippen LogP contribution in [0.1, 0.15) is 99.3 Å². The van der Waals surface area contributed by atoms with Crippen molar-refractivity contribution in [3.05, 3.63) is 11.6 Å². The predicted octanol–water partition coefficient (Wildman–Crippen LogP) is 2.64. The fourth-order valence-corrected chi connectivity index (χ4v) is 12.0. The van der Waals surface area contributed by atoms with E-state index in [4.69, 9.17) is 9.47 Å². The molecule has 0 aromatic heterocycles. The number of rotatable bonds is 4. The van der Waals surface area contributed by atoms with Crippen molar-refractivity contribution in [3.63, 3.8) is 0 Å². The smallest absolute Gasteiger partial charge is 0.317 e. The van der Waals surface area contributed by atoms with E-state index in [-0.39, 0.29) is 34.0 Å². The Balaban J connectivity index is 1.39. The van der Waals surface area contributed by atoms with Gasteiger partial charge in [0, 0.05) is 0 Å². The quantitative estimate of drug-likeness (QED) is 0.151. The second kappa shape index (κ2) is 11.1. The number of esters is 1. The SMILES string of the molecule is CC1(C)CC[C@]2(C(=O)O[C@H]3O[C@H](CO)[C@@H](O)[C@H](O)[C@H]3O)[C@H](O)C[C@]3(C)C(=CC[C@@H]4[C@@]5(C)CC[C@H](O)[C@@](C)(C=O)[C@@H]5CC[C@]43C)[C@@H]2C1. The van der Waals surface area contributed by atoms with Gasteiger partial charge in [0.2, 0.25) is 6.29 Å². The molecule has 6 N–H and O–H groups in total. The molecule has 5 aliphatic carbocycles. The van der Waals surface area contributed by atoms with Crippen molar-refractivity contribution in [2.24, 2.45) is 50.2 Å². The molecule has 0 radical (unpaired) electrons. The van der Waals surface area contributed by atoms with E-state index in [1.54, 1.807) is 0 Å². The minimum Gasteiger partial charge on any atom is -0.432 e. The zero-order valence-electron chi connectivity index (χ0n) is 28.3. The molecular weight excluding hydrogens is 592 g/mol. The molecule has 0 aromatic rings. The van der Waals surface area contributed by atoms with Crippen molar-refractivity contribution in [2.75, 3.05) is 6.61 Å². The topological polar surface area (TPSA) is 174 Å². The highest BCUT2D eigenvalue weighted by Crippen LogP contribution is 2.75. The molecule has 0 spiro atoms. The number of carbonyl (C=O) groups is 2. The molecule has 1 heterocycles. The molecule has 4 saturated carbocycles. The van der Waals surface area contributed by atoms with E-state index in [2.05, 4.69) is 40.7 Å². The fraction of sp³-hybridized carbons (Fsp3) is 0.889. The lowest BCUT2D eigenvalue weighted by atomic mass is 9.33. The molecule has 0 aromatic carbocycles. The molecule has 5 fully saturated rings. The second-order valence-electron chi connectivity index (χ2n) is 17.6. The van der Waals surface area contributed by atoms with Crippen LogP contribution in [0.15, 0.2) is 11.6 Å². The zero-order valence-corrected chi connectivity index (χ0v) is 28.3. The number of carbonyl (C=O) groups excluding carboxylic acids is 2. The molecule has 10 nitrogen and oxygen atoms in total. The fourth-order valence-electron chi connectivity index (χ4n) is 12.0. The molecule has 0 bridgehead atoms. The van der Waals surface area contributed by atoms with Crippen molar-refractivity contribution in [1.29, 1.82) is 0 Å². The highest BCUT2D eigenvalue weighted by molar-refractivity contribution is 5.80. The van der Waals surface area contributed by atoms with Crippen molar-refractivity contribution in [3.8, 4) is 0 Å². The Labute approximate surface area is 272 Å². The van der Waals surface area contributed by atoms with Gasteiger partial charge in [-0.3, -0.25) is 4.79 Å². The molecule has 0 unspecified atom stereocenters. The summed E-state index contributed by atoms with van der Waals surface area (Å²) in [6, 6.07) is 0. The normalized spacial score (nSPS) is 54.7. The zero-order chi connectivity index (χ0) is 33.8. The third kappa shape index (κ3) is 4.46. The summed E-state index contributed by atoms with van der Waals surface area (Å²) in [5.41, 5.74) is -1.89. The first-order valence-electron chi connectivity index (χ1n) is 17.4. The molecule has 260 valence electrons. The standard InChI is InChI=1S/C36H56O10/c1-31(2)13-14-36(30(44)46-29-28(43)27(42)26(41)21(17-37)45-29)20(15-31)19-7-8-23-32(3)11-10-24(39)33(4,18-38)22(32)9-12-34(23,5)35(19,6)16-25(36)40/h7,18,20-29,37,39-43H,8-17H2,1-6H3/t20-,21+,22+,23+,24-,25+,26+,27-,28+,29+,32-,33-,34+,35+,36+/m0/s1. The van der Waals surface area contributed by atoms with Gasteiger partial charge in [-0.05, 0) is 97.2 Å². The van der Waals surface area contributed by atoms with E-state index in [9.17, 15) is 40.2 Å². The van der Waals surface area contributed by atoms with Gasteiger partial charge in [-0.25, -0.2) is 0 Å². The van der Waals surface area contributed by atoms with Gasteiger partial charge in [-0.2, -0.15) is 0 Å². The van der Waals surface area contributed by atoms with Crippen LogP contribution in [0.4, 0.5) is 0 Å². The Morgan fingerprint density at radius 2 is 1.59 bits per heavy atom. The van der Waals surface area contributed by atoms with Gasteiger partial charge in [-0.15, -0.1) is 0 Å². The van der Waals surface area contributed by atoms with Crippen molar-refractivity contribution >= 4 is 12.3 Å². The summed E-state index contributed by atoms with van der Waals surface area (Å²) in [5, 5.41) is 64.3. The summed E-state index contributed by atoms with van der Waals surface area (Å²) in [7, 11) is 0. The Morgan fingerprint density at radius 1 is 0.891 bits per heavy atom. The van der Waals surface area contributed by atoms with Crippen molar-refractivity contribution < 1.29 is 49.7 Å². The number of aliphatic hydroxyl groups is 6. The summed E-state index contributed by atoms with van der Waals surface area (Å²) in [6.45, 7) is 12.6. The van der Waals surface area contributed by atoms with Crippen LogP contribution >= 0.6 is 0 Å². The van der Waals surface area contributed by atoms with Crippen LogP contribution in [0.2, 0.25) is 0 Å². The summed E-state index contributed by atoms with van der Waals surface area (Å²) in [6.07, 6.45) is -0.324. The van der Waals surface area contributed by atoms with E-state index >= 15 is 0 Å². The van der Waals surface area contributed by atoms with E-state index in [1.165, 1.54) is 5.57 Å². The summed E-state index contributed by atoms with van der Waals surface area (Å²) < 4.78 is 11.4.